The molecule has 0 aliphatic carbocycles. The number of rotatable bonds is 4. The van der Waals surface area contributed by atoms with E-state index in [9.17, 15) is 4.39 Å². The van der Waals surface area contributed by atoms with E-state index in [4.69, 9.17) is 9.15 Å². The summed E-state index contributed by atoms with van der Waals surface area (Å²) in [5.41, 5.74) is 0.996. The molecule has 2 nitrogen and oxygen atoms in total. The first-order valence-electron chi connectivity index (χ1n) is 5.25. The predicted octanol–water partition coefficient (Wildman–Crippen LogP) is 3.63. The van der Waals surface area contributed by atoms with Crippen molar-refractivity contribution in [1.29, 1.82) is 0 Å². The molecule has 0 bridgehead atoms. The standard InChI is InChI=1S/C14H13FO2/c1-10(16-2)14-8-7-13(17-14)9-11-3-5-12(15)6-4-11/h3-8H,1,9H2,2H3. The first-order valence-corrected chi connectivity index (χ1v) is 5.25. The molecule has 0 saturated heterocycles. The lowest BCUT2D eigenvalue weighted by Crippen LogP contribution is -1.86. The number of hydrogen-bond acceptors (Lipinski definition) is 2. The molecule has 0 saturated carbocycles. The van der Waals surface area contributed by atoms with Crippen LogP contribution in [0.2, 0.25) is 0 Å². The smallest absolute Gasteiger partial charge is 0.168 e. The third kappa shape index (κ3) is 2.75. The largest absolute Gasteiger partial charge is 0.493 e. The minimum Gasteiger partial charge on any atom is -0.493 e. The molecule has 1 heterocycles. The van der Waals surface area contributed by atoms with E-state index >= 15 is 0 Å². The zero-order valence-electron chi connectivity index (χ0n) is 9.57. The van der Waals surface area contributed by atoms with Crippen molar-refractivity contribution in [3.8, 4) is 0 Å². The highest BCUT2D eigenvalue weighted by Crippen LogP contribution is 2.19. The molecule has 0 spiro atoms. The third-order valence-electron chi connectivity index (χ3n) is 2.47. The van der Waals surface area contributed by atoms with Crippen LogP contribution in [0.15, 0.2) is 47.4 Å². The molecule has 2 rings (SSSR count). The van der Waals surface area contributed by atoms with Gasteiger partial charge >= 0.3 is 0 Å². The van der Waals surface area contributed by atoms with Crippen LogP contribution in [0.4, 0.5) is 4.39 Å². The van der Waals surface area contributed by atoms with Gasteiger partial charge in [-0.25, -0.2) is 4.39 Å². The first kappa shape index (κ1) is 11.5. The normalized spacial score (nSPS) is 10.2. The van der Waals surface area contributed by atoms with Crippen molar-refractivity contribution in [2.24, 2.45) is 0 Å². The van der Waals surface area contributed by atoms with Crippen LogP contribution < -0.4 is 0 Å². The maximum absolute atomic E-state index is 12.7. The highest BCUT2D eigenvalue weighted by molar-refractivity contribution is 5.51. The van der Waals surface area contributed by atoms with Crippen LogP contribution in [0.1, 0.15) is 17.1 Å². The molecule has 0 radical (unpaired) electrons. The molecule has 17 heavy (non-hydrogen) atoms. The Labute approximate surface area is 99.3 Å². The van der Waals surface area contributed by atoms with Crippen molar-refractivity contribution in [2.75, 3.05) is 7.11 Å². The number of methoxy groups -OCH3 is 1. The van der Waals surface area contributed by atoms with E-state index in [1.54, 1.807) is 19.2 Å². The first-order chi connectivity index (χ1) is 8.19. The monoisotopic (exact) mass is 232 g/mol. The van der Waals surface area contributed by atoms with Crippen LogP contribution in [-0.2, 0) is 11.2 Å². The van der Waals surface area contributed by atoms with Crippen LogP contribution in [0.3, 0.4) is 0 Å². The van der Waals surface area contributed by atoms with Gasteiger partial charge < -0.3 is 9.15 Å². The molecule has 88 valence electrons. The molecule has 1 aromatic heterocycles. The Bertz CT molecular complexity index is 511. The summed E-state index contributed by atoms with van der Waals surface area (Å²) in [5, 5.41) is 0. The fourth-order valence-corrected chi connectivity index (χ4v) is 1.53. The summed E-state index contributed by atoms with van der Waals surface area (Å²) in [6, 6.07) is 10.0. The molecule has 0 unspecified atom stereocenters. The van der Waals surface area contributed by atoms with E-state index in [2.05, 4.69) is 6.58 Å². The summed E-state index contributed by atoms with van der Waals surface area (Å²) in [6.07, 6.45) is 0.622. The summed E-state index contributed by atoms with van der Waals surface area (Å²) in [5.74, 6) is 1.67. The molecular formula is C14H13FO2. The van der Waals surface area contributed by atoms with Crippen molar-refractivity contribution in [2.45, 2.75) is 6.42 Å². The highest BCUT2D eigenvalue weighted by atomic mass is 19.1. The fourth-order valence-electron chi connectivity index (χ4n) is 1.53. The minimum atomic E-state index is -0.235. The van der Waals surface area contributed by atoms with E-state index in [1.165, 1.54) is 12.1 Å². The van der Waals surface area contributed by atoms with E-state index in [-0.39, 0.29) is 5.82 Å². The van der Waals surface area contributed by atoms with Gasteiger partial charge in [0.05, 0.1) is 7.11 Å². The second-order valence-corrected chi connectivity index (χ2v) is 3.70. The second kappa shape index (κ2) is 4.87. The summed E-state index contributed by atoms with van der Waals surface area (Å²) >= 11 is 0. The van der Waals surface area contributed by atoms with Gasteiger partial charge in [-0.15, -0.1) is 0 Å². The maximum atomic E-state index is 12.7. The molecule has 0 N–H and O–H groups in total. The number of halogens is 1. The Morgan fingerprint density at radius 1 is 1.24 bits per heavy atom. The Morgan fingerprint density at radius 3 is 2.59 bits per heavy atom. The molecule has 0 atom stereocenters. The minimum absolute atomic E-state index is 0.235. The van der Waals surface area contributed by atoms with Gasteiger partial charge in [-0.3, -0.25) is 0 Å². The van der Waals surface area contributed by atoms with Gasteiger partial charge in [0.1, 0.15) is 11.6 Å². The molecular weight excluding hydrogens is 219 g/mol. The zero-order valence-corrected chi connectivity index (χ0v) is 9.57. The molecule has 0 fully saturated rings. The average Bonchev–Trinajstić information content (AvgIpc) is 2.80. The second-order valence-electron chi connectivity index (χ2n) is 3.70. The zero-order chi connectivity index (χ0) is 12.3. The maximum Gasteiger partial charge on any atom is 0.168 e. The van der Waals surface area contributed by atoms with Crippen molar-refractivity contribution in [3.63, 3.8) is 0 Å². The van der Waals surface area contributed by atoms with Crippen molar-refractivity contribution in [1.82, 2.24) is 0 Å². The van der Waals surface area contributed by atoms with Crippen molar-refractivity contribution >= 4 is 5.76 Å². The van der Waals surface area contributed by atoms with Gasteiger partial charge in [0.15, 0.2) is 11.5 Å². The molecule has 0 amide bonds. The van der Waals surface area contributed by atoms with Crippen LogP contribution in [0.25, 0.3) is 5.76 Å². The lowest BCUT2D eigenvalue weighted by atomic mass is 10.1. The van der Waals surface area contributed by atoms with E-state index in [1.807, 2.05) is 12.1 Å². The number of furan rings is 1. The molecule has 1 aromatic carbocycles. The lowest BCUT2D eigenvalue weighted by Gasteiger charge is -2.00. The topological polar surface area (TPSA) is 22.4 Å². The number of ether oxygens (including phenoxy) is 1. The van der Waals surface area contributed by atoms with E-state index < -0.39 is 0 Å². The predicted molar refractivity (Wildman–Crippen MR) is 64.0 cm³/mol. The number of hydrogen-bond donors (Lipinski definition) is 0. The molecule has 0 aliphatic rings. The van der Waals surface area contributed by atoms with Crippen LogP contribution in [-0.4, -0.2) is 7.11 Å². The summed E-state index contributed by atoms with van der Waals surface area (Å²) in [6.45, 7) is 3.71. The van der Waals surface area contributed by atoms with Gasteiger partial charge in [-0.2, -0.15) is 0 Å². The highest BCUT2D eigenvalue weighted by Gasteiger charge is 2.06. The van der Waals surface area contributed by atoms with Crippen LogP contribution >= 0.6 is 0 Å². The fraction of sp³-hybridized carbons (Fsp3) is 0.143. The summed E-state index contributed by atoms with van der Waals surface area (Å²) in [4.78, 5) is 0. The van der Waals surface area contributed by atoms with Gasteiger partial charge in [-0.05, 0) is 29.8 Å². The van der Waals surface area contributed by atoms with Gasteiger partial charge in [0, 0.05) is 6.42 Å². The van der Waals surface area contributed by atoms with Crippen LogP contribution in [0.5, 0.6) is 0 Å². The average molecular weight is 232 g/mol. The van der Waals surface area contributed by atoms with Gasteiger partial charge in [-0.1, -0.05) is 18.7 Å². The summed E-state index contributed by atoms with van der Waals surface area (Å²) < 4.78 is 23.3. The Morgan fingerprint density at radius 2 is 1.94 bits per heavy atom. The number of benzene rings is 1. The Balaban J connectivity index is 2.11. The van der Waals surface area contributed by atoms with Gasteiger partial charge in [0.2, 0.25) is 0 Å². The molecule has 3 heteroatoms. The van der Waals surface area contributed by atoms with Crippen molar-refractivity contribution < 1.29 is 13.5 Å². The van der Waals surface area contributed by atoms with E-state index in [0.29, 0.717) is 17.9 Å². The quantitative estimate of drug-likeness (QED) is 0.751. The Kier molecular flexibility index (Phi) is 3.28. The molecule has 2 aromatic rings. The lowest BCUT2D eigenvalue weighted by molar-refractivity contribution is 0.350. The van der Waals surface area contributed by atoms with Crippen molar-refractivity contribution in [3.05, 3.63) is 65.9 Å². The SMILES string of the molecule is C=C(OC)c1ccc(Cc2ccc(F)cc2)o1. The Hall–Kier alpha value is -2.03. The third-order valence-corrected chi connectivity index (χ3v) is 2.47. The van der Waals surface area contributed by atoms with E-state index in [0.717, 1.165) is 11.3 Å². The van der Waals surface area contributed by atoms with Gasteiger partial charge in [0.25, 0.3) is 0 Å². The molecule has 0 aliphatic heterocycles. The summed E-state index contributed by atoms with van der Waals surface area (Å²) in [7, 11) is 1.55. The van der Waals surface area contributed by atoms with Crippen LogP contribution in [0, 0.1) is 5.82 Å².